The molecule has 0 spiro atoms. The highest BCUT2D eigenvalue weighted by molar-refractivity contribution is 5.68. The van der Waals surface area contributed by atoms with E-state index < -0.39 is 11.7 Å². The summed E-state index contributed by atoms with van der Waals surface area (Å²) in [6.45, 7) is 7.41. The summed E-state index contributed by atoms with van der Waals surface area (Å²) in [5.41, 5.74) is 1.59. The topological polar surface area (TPSA) is 61.8 Å². The largest absolute Gasteiger partial charge is 0.444 e. The zero-order valence-electron chi connectivity index (χ0n) is 12.9. The summed E-state index contributed by atoms with van der Waals surface area (Å²) < 4.78 is 5.24. The first-order valence-corrected chi connectivity index (χ1v) is 7.33. The number of hydrogen-bond acceptors (Lipinski definition) is 4. The number of aliphatic hydroxyl groups excluding tert-OH is 1. The summed E-state index contributed by atoms with van der Waals surface area (Å²) >= 11 is 0. The summed E-state index contributed by atoms with van der Waals surface area (Å²) in [5, 5.41) is 12.4. The Bertz CT molecular complexity index is 497. The summed E-state index contributed by atoms with van der Waals surface area (Å²) in [5.74, 6) is 0. The molecule has 1 aliphatic heterocycles. The van der Waals surface area contributed by atoms with Gasteiger partial charge < -0.3 is 20.1 Å². The first-order chi connectivity index (χ1) is 9.85. The highest BCUT2D eigenvalue weighted by Gasteiger charge is 2.22. The molecule has 5 nitrogen and oxygen atoms in total. The fourth-order valence-electron chi connectivity index (χ4n) is 2.41. The zero-order valence-corrected chi connectivity index (χ0v) is 12.9. The minimum atomic E-state index is -0.497. The van der Waals surface area contributed by atoms with Crippen molar-refractivity contribution in [2.75, 3.05) is 18.0 Å². The number of alkyl carbamates (subject to hydrolysis) is 1. The Balaban J connectivity index is 1.99. The van der Waals surface area contributed by atoms with Gasteiger partial charge in [-0.1, -0.05) is 18.2 Å². The Morgan fingerprint density at radius 1 is 1.43 bits per heavy atom. The number of nitrogens with zero attached hydrogens (tertiary/aromatic N) is 1. The third kappa shape index (κ3) is 4.63. The van der Waals surface area contributed by atoms with Crippen LogP contribution in [-0.2, 0) is 11.3 Å². The van der Waals surface area contributed by atoms with E-state index in [-0.39, 0.29) is 6.10 Å². The van der Waals surface area contributed by atoms with Crippen LogP contribution in [0.4, 0.5) is 10.5 Å². The van der Waals surface area contributed by atoms with Crippen LogP contribution >= 0.6 is 0 Å². The molecular formula is C16H24N2O3. The van der Waals surface area contributed by atoms with Crippen LogP contribution in [0.3, 0.4) is 0 Å². The molecular weight excluding hydrogens is 268 g/mol. The molecule has 5 heteroatoms. The average Bonchev–Trinajstić information content (AvgIpc) is 2.81. The maximum atomic E-state index is 11.7. The first kappa shape index (κ1) is 15.6. The number of anilines is 1. The van der Waals surface area contributed by atoms with Gasteiger partial charge in [-0.05, 0) is 38.8 Å². The maximum Gasteiger partial charge on any atom is 0.407 e. The molecule has 1 aromatic carbocycles. The van der Waals surface area contributed by atoms with Crippen molar-refractivity contribution in [3.05, 3.63) is 29.8 Å². The van der Waals surface area contributed by atoms with Crippen LogP contribution in [0, 0.1) is 0 Å². The Morgan fingerprint density at radius 2 is 2.14 bits per heavy atom. The first-order valence-electron chi connectivity index (χ1n) is 7.33. The summed E-state index contributed by atoms with van der Waals surface area (Å²) in [7, 11) is 0. The molecule has 1 amide bonds. The Morgan fingerprint density at radius 3 is 2.76 bits per heavy atom. The molecule has 1 saturated heterocycles. The van der Waals surface area contributed by atoms with Gasteiger partial charge in [0.05, 0.1) is 6.10 Å². The highest BCUT2D eigenvalue weighted by Crippen LogP contribution is 2.24. The van der Waals surface area contributed by atoms with E-state index in [1.54, 1.807) is 0 Å². The molecule has 1 aromatic rings. The van der Waals surface area contributed by atoms with E-state index in [9.17, 15) is 9.90 Å². The normalized spacial score (nSPS) is 18.7. The summed E-state index contributed by atoms with van der Waals surface area (Å²) in [4.78, 5) is 13.9. The van der Waals surface area contributed by atoms with Crippen molar-refractivity contribution < 1.29 is 14.6 Å². The Labute approximate surface area is 125 Å². The number of hydrogen-bond donors (Lipinski definition) is 2. The molecule has 2 N–H and O–H groups in total. The van der Waals surface area contributed by atoms with Crippen LogP contribution in [0.1, 0.15) is 32.8 Å². The maximum absolute atomic E-state index is 11.7. The van der Waals surface area contributed by atoms with Crippen LogP contribution in [0.2, 0.25) is 0 Å². The second kappa shape index (κ2) is 6.35. The van der Waals surface area contributed by atoms with E-state index in [1.807, 2.05) is 45.0 Å². The van der Waals surface area contributed by atoms with Crippen molar-refractivity contribution >= 4 is 11.8 Å². The molecule has 21 heavy (non-hydrogen) atoms. The second-order valence-corrected chi connectivity index (χ2v) is 6.37. The molecule has 0 saturated carbocycles. The van der Waals surface area contributed by atoms with Gasteiger partial charge in [0.1, 0.15) is 5.60 Å². The number of para-hydroxylation sites is 1. The number of aliphatic hydroxyl groups is 1. The van der Waals surface area contributed by atoms with E-state index >= 15 is 0 Å². The zero-order chi connectivity index (χ0) is 15.5. The molecule has 1 atom stereocenters. The summed E-state index contributed by atoms with van der Waals surface area (Å²) in [6.07, 6.45) is 0.101. The molecule has 1 unspecified atom stereocenters. The number of β-amino-alcohol motifs (C(OH)–C–C–N with tert-alkyl or cyclic N) is 1. The minimum Gasteiger partial charge on any atom is -0.444 e. The predicted molar refractivity (Wildman–Crippen MR) is 82.4 cm³/mol. The fourth-order valence-corrected chi connectivity index (χ4v) is 2.41. The average molecular weight is 292 g/mol. The van der Waals surface area contributed by atoms with Crippen molar-refractivity contribution in [3.8, 4) is 0 Å². The Kier molecular flexibility index (Phi) is 4.73. The predicted octanol–water partition coefficient (Wildman–Crippen LogP) is 2.28. The van der Waals surface area contributed by atoms with Crippen LogP contribution in [0.5, 0.6) is 0 Å². The molecule has 1 heterocycles. The lowest BCUT2D eigenvalue weighted by molar-refractivity contribution is 0.0523. The van der Waals surface area contributed by atoms with Gasteiger partial charge in [0.25, 0.3) is 0 Å². The standard InChI is InChI=1S/C16H24N2O3/c1-16(2,3)21-15(20)17-10-12-6-4-5-7-14(12)18-9-8-13(19)11-18/h4-7,13,19H,8-11H2,1-3H3,(H,17,20). The lowest BCUT2D eigenvalue weighted by atomic mass is 10.1. The van der Waals surface area contributed by atoms with E-state index in [1.165, 1.54) is 0 Å². The molecule has 0 radical (unpaired) electrons. The van der Waals surface area contributed by atoms with Crippen LogP contribution in [-0.4, -0.2) is 36.0 Å². The third-order valence-electron chi connectivity index (χ3n) is 3.32. The minimum absolute atomic E-state index is 0.267. The van der Waals surface area contributed by atoms with E-state index in [2.05, 4.69) is 10.2 Å². The van der Waals surface area contributed by atoms with Gasteiger partial charge >= 0.3 is 6.09 Å². The third-order valence-corrected chi connectivity index (χ3v) is 3.32. The molecule has 116 valence electrons. The SMILES string of the molecule is CC(C)(C)OC(=O)NCc1ccccc1N1CCC(O)C1. The lowest BCUT2D eigenvalue weighted by Gasteiger charge is -2.23. The second-order valence-electron chi connectivity index (χ2n) is 6.37. The van der Waals surface area contributed by atoms with Crippen LogP contribution < -0.4 is 10.2 Å². The van der Waals surface area contributed by atoms with Gasteiger partial charge in [0, 0.05) is 25.3 Å². The van der Waals surface area contributed by atoms with Gasteiger partial charge in [-0.15, -0.1) is 0 Å². The highest BCUT2D eigenvalue weighted by atomic mass is 16.6. The van der Waals surface area contributed by atoms with Crippen molar-refractivity contribution in [3.63, 3.8) is 0 Å². The molecule has 0 aliphatic carbocycles. The van der Waals surface area contributed by atoms with E-state index in [4.69, 9.17) is 4.74 Å². The van der Waals surface area contributed by atoms with Crippen molar-refractivity contribution in [2.45, 2.75) is 45.4 Å². The number of rotatable bonds is 3. The van der Waals surface area contributed by atoms with Crippen molar-refractivity contribution in [1.29, 1.82) is 0 Å². The number of carbonyl (C=O) groups is 1. The summed E-state index contributed by atoms with van der Waals surface area (Å²) in [6, 6.07) is 7.92. The number of nitrogens with one attached hydrogen (secondary N) is 1. The van der Waals surface area contributed by atoms with Gasteiger partial charge in [0.2, 0.25) is 0 Å². The fraction of sp³-hybridized carbons (Fsp3) is 0.562. The number of carbonyl (C=O) groups excluding carboxylic acids is 1. The monoisotopic (exact) mass is 292 g/mol. The van der Waals surface area contributed by atoms with Crippen molar-refractivity contribution in [2.24, 2.45) is 0 Å². The number of ether oxygens (including phenoxy) is 1. The van der Waals surface area contributed by atoms with Crippen LogP contribution in [0.15, 0.2) is 24.3 Å². The van der Waals surface area contributed by atoms with Gasteiger partial charge in [0.15, 0.2) is 0 Å². The number of amides is 1. The van der Waals surface area contributed by atoms with Gasteiger partial charge in [-0.2, -0.15) is 0 Å². The molecule has 2 rings (SSSR count). The molecule has 1 fully saturated rings. The smallest absolute Gasteiger partial charge is 0.407 e. The molecule has 0 bridgehead atoms. The van der Waals surface area contributed by atoms with Crippen LogP contribution in [0.25, 0.3) is 0 Å². The molecule has 1 aliphatic rings. The van der Waals surface area contributed by atoms with Crippen molar-refractivity contribution in [1.82, 2.24) is 5.32 Å². The quantitative estimate of drug-likeness (QED) is 0.897. The van der Waals surface area contributed by atoms with E-state index in [0.29, 0.717) is 13.1 Å². The van der Waals surface area contributed by atoms with E-state index in [0.717, 1.165) is 24.2 Å². The van der Waals surface area contributed by atoms with Gasteiger partial charge in [-0.3, -0.25) is 0 Å². The Hall–Kier alpha value is -1.75. The number of benzene rings is 1. The lowest BCUT2D eigenvalue weighted by Crippen LogP contribution is -2.32. The molecule has 0 aromatic heterocycles. The van der Waals surface area contributed by atoms with Gasteiger partial charge in [-0.25, -0.2) is 4.79 Å².